The minimum Gasteiger partial charge on any atom is -0.452 e. The first-order chi connectivity index (χ1) is 16.2. The van der Waals surface area contributed by atoms with Crippen LogP contribution in [0.1, 0.15) is 26.3 Å². The van der Waals surface area contributed by atoms with Crippen molar-refractivity contribution in [2.75, 3.05) is 13.7 Å². The minimum absolute atomic E-state index is 0.0325. The number of carbonyl (C=O) groups is 2. The minimum atomic E-state index is -1.61. The van der Waals surface area contributed by atoms with Gasteiger partial charge in [0.2, 0.25) is 0 Å². The molecule has 2 aromatic carbocycles. The Kier molecular flexibility index (Phi) is 8.18. The number of ether oxygens (including phenoxy) is 4. The highest BCUT2D eigenvalue weighted by molar-refractivity contribution is 6.31. The van der Waals surface area contributed by atoms with Crippen LogP contribution < -0.4 is 0 Å². The van der Waals surface area contributed by atoms with Crippen LogP contribution in [0, 0.1) is 17.0 Å². The molecule has 1 heterocycles. The van der Waals surface area contributed by atoms with Crippen LogP contribution >= 0.6 is 11.6 Å². The molecular weight excluding hydrogens is 474 g/mol. The topological polar surface area (TPSA) is 155 Å². The molecule has 0 bridgehead atoms. The lowest BCUT2D eigenvalue weighted by Gasteiger charge is -2.42. The highest BCUT2D eigenvalue weighted by atomic mass is 35.5. The summed E-state index contributed by atoms with van der Waals surface area (Å²) in [5.74, 6) is -2.00. The molecule has 1 fully saturated rings. The van der Waals surface area contributed by atoms with Crippen LogP contribution in [0.3, 0.4) is 0 Å². The summed E-state index contributed by atoms with van der Waals surface area (Å²) >= 11 is 5.79. The van der Waals surface area contributed by atoms with Gasteiger partial charge < -0.3 is 29.2 Å². The molecule has 1 saturated heterocycles. The Morgan fingerprint density at radius 2 is 1.76 bits per heavy atom. The second-order valence-corrected chi connectivity index (χ2v) is 7.91. The van der Waals surface area contributed by atoms with Gasteiger partial charge in [-0.15, -0.1) is 0 Å². The molecule has 34 heavy (non-hydrogen) atoms. The molecule has 0 amide bonds. The SMILES string of the molecule is CO[C@@H]1O[C@H](CO)[C@H](O)[C@H](OC(=O)c2ccc(C)cc2)[C@@H]1OC(=O)c1ccc(Cl)cc1[N+](=O)[O-]. The van der Waals surface area contributed by atoms with Gasteiger partial charge in [0.05, 0.1) is 17.1 Å². The van der Waals surface area contributed by atoms with Crippen molar-refractivity contribution in [2.24, 2.45) is 0 Å². The van der Waals surface area contributed by atoms with E-state index in [1.165, 1.54) is 25.3 Å². The normalized spacial score (nSPS) is 24.3. The Bertz CT molecular complexity index is 1060. The van der Waals surface area contributed by atoms with Gasteiger partial charge in [-0.1, -0.05) is 29.3 Å². The molecule has 0 spiro atoms. The fraction of sp³-hybridized carbons (Fsp3) is 0.364. The Hall–Kier alpha value is -3.09. The fourth-order valence-electron chi connectivity index (χ4n) is 3.39. The highest BCUT2D eigenvalue weighted by Gasteiger charge is 2.50. The number of rotatable bonds is 7. The molecule has 3 rings (SSSR count). The summed E-state index contributed by atoms with van der Waals surface area (Å²) in [6.45, 7) is 1.18. The van der Waals surface area contributed by atoms with Crippen molar-refractivity contribution in [3.63, 3.8) is 0 Å². The number of aryl methyl sites for hydroxylation is 1. The number of aliphatic hydroxyl groups is 2. The van der Waals surface area contributed by atoms with Crippen LogP contribution in [0.4, 0.5) is 5.69 Å². The molecule has 0 aliphatic carbocycles. The first-order valence-corrected chi connectivity index (χ1v) is 10.4. The van der Waals surface area contributed by atoms with Crippen LogP contribution in [0.25, 0.3) is 0 Å². The molecule has 5 atom stereocenters. The molecule has 0 saturated carbocycles. The van der Waals surface area contributed by atoms with E-state index in [0.717, 1.165) is 17.7 Å². The van der Waals surface area contributed by atoms with Gasteiger partial charge in [0.25, 0.3) is 5.69 Å². The van der Waals surface area contributed by atoms with Gasteiger partial charge >= 0.3 is 11.9 Å². The van der Waals surface area contributed by atoms with Gasteiger partial charge in [-0.3, -0.25) is 10.1 Å². The third-order valence-electron chi connectivity index (χ3n) is 5.18. The molecule has 2 aromatic rings. The van der Waals surface area contributed by atoms with Crippen molar-refractivity contribution in [3.8, 4) is 0 Å². The third kappa shape index (κ3) is 5.51. The van der Waals surface area contributed by atoms with Crippen molar-refractivity contribution < 1.29 is 43.7 Å². The van der Waals surface area contributed by atoms with Gasteiger partial charge in [-0.25, -0.2) is 9.59 Å². The van der Waals surface area contributed by atoms with E-state index >= 15 is 0 Å². The van der Waals surface area contributed by atoms with Gasteiger partial charge in [0.15, 0.2) is 18.5 Å². The van der Waals surface area contributed by atoms with Crippen LogP contribution in [-0.4, -0.2) is 71.5 Å². The van der Waals surface area contributed by atoms with E-state index in [9.17, 15) is 29.9 Å². The summed E-state index contributed by atoms with van der Waals surface area (Å²) in [6, 6.07) is 9.74. The molecule has 2 N–H and O–H groups in total. The van der Waals surface area contributed by atoms with Gasteiger partial charge in [-0.05, 0) is 31.2 Å². The van der Waals surface area contributed by atoms with E-state index in [4.69, 9.17) is 30.5 Å². The van der Waals surface area contributed by atoms with Crippen molar-refractivity contribution in [1.82, 2.24) is 0 Å². The molecule has 0 radical (unpaired) electrons. The first-order valence-electron chi connectivity index (χ1n) is 10.1. The standard InChI is InChI=1S/C22H22ClNO10/c1-11-3-5-12(6-4-11)20(27)33-18-17(26)16(10-25)32-22(31-2)19(18)34-21(28)14-8-7-13(23)9-15(14)24(29)30/h3-9,16-19,22,25-26H,10H2,1-2H3/t16-,17+,18+,19+,22-/m1/s1. The van der Waals surface area contributed by atoms with Crippen LogP contribution in [0.2, 0.25) is 5.02 Å². The lowest BCUT2D eigenvalue weighted by atomic mass is 9.98. The van der Waals surface area contributed by atoms with Crippen molar-refractivity contribution in [1.29, 1.82) is 0 Å². The summed E-state index contributed by atoms with van der Waals surface area (Å²) < 4.78 is 21.4. The van der Waals surface area contributed by atoms with Crippen molar-refractivity contribution >= 4 is 29.2 Å². The van der Waals surface area contributed by atoms with E-state index in [-0.39, 0.29) is 10.6 Å². The Balaban J connectivity index is 1.92. The maximum absolute atomic E-state index is 12.9. The predicted octanol–water partition coefficient (Wildman–Crippen LogP) is 2.03. The number of nitrogens with zero attached hydrogens (tertiary/aromatic N) is 1. The molecule has 1 aliphatic rings. The maximum atomic E-state index is 12.9. The number of benzene rings is 2. The van der Waals surface area contributed by atoms with Crippen LogP contribution in [0.15, 0.2) is 42.5 Å². The summed E-state index contributed by atoms with van der Waals surface area (Å²) in [4.78, 5) is 36.1. The van der Waals surface area contributed by atoms with E-state index < -0.39 is 65.4 Å². The van der Waals surface area contributed by atoms with Crippen LogP contribution in [0.5, 0.6) is 0 Å². The molecule has 182 valence electrons. The van der Waals surface area contributed by atoms with Crippen LogP contribution in [-0.2, 0) is 18.9 Å². The van der Waals surface area contributed by atoms with Gasteiger partial charge in [-0.2, -0.15) is 0 Å². The second-order valence-electron chi connectivity index (χ2n) is 7.48. The molecule has 0 aromatic heterocycles. The van der Waals surface area contributed by atoms with Crippen molar-refractivity contribution in [2.45, 2.75) is 37.6 Å². The maximum Gasteiger partial charge on any atom is 0.345 e. The average molecular weight is 496 g/mol. The molecule has 1 aliphatic heterocycles. The lowest BCUT2D eigenvalue weighted by Crippen LogP contribution is -2.61. The number of hydrogen-bond acceptors (Lipinski definition) is 10. The highest BCUT2D eigenvalue weighted by Crippen LogP contribution is 2.30. The van der Waals surface area contributed by atoms with E-state index in [0.29, 0.717) is 0 Å². The number of hydrogen-bond donors (Lipinski definition) is 2. The molecule has 12 heteroatoms. The van der Waals surface area contributed by atoms with Gasteiger partial charge in [0, 0.05) is 18.2 Å². The zero-order valence-electron chi connectivity index (χ0n) is 18.1. The summed E-state index contributed by atoms with van der Waals surface area (Å²) in [5.41, 5.74) is 0.0350. The Morgan fingerprint density at radius 3 is 2.35 bits per heavy atom. The zero-order chi connectivity index (χ0) is 25.0. The molecule has 11 nitrogen and oxygen atoms in total. The van der Waals surface area contributed by atoms with E-state index in [1.54, 1.807) is 12.1 Å². The number of nitro groups is 1. The largest absolute Gasteiger partial charge is 0.452 e. The van der Waals surface area contributed by atoms with Crippen molar-refractivity contribution in [3.05, 3.63) is 74.3 Å². The van der Waals surface area contributed by atoms with E-state index in [2.05, 4.69) is 0 Å². The van der Waals surface area contributed by atoms with E-state index in [1.807, 2.05) is 6.92 Å². The average Bonchev–Trinajstić information content (AvgIpc) is 2.81. The number of carbonyl (C=O) groups excluding carboxylic acids is 2. The summed E-state index contributed by atoms with van der Waals surface area (Å²) in [7, 11) is 1.21. The first kappa shape index (κ1) is 25.5. The summed E-state index contributed by atoms with van der Waals surface area (Å²) in [5, 5.41) is 31.6. The quantitative estimate of drug-likeness (QED) is 0.331. The Labute approximate surface area is 198 Å². The van der Waals surface area contributed by atoms with Gasteiger partial charge in [0.1, 0.15) is 17.8 Å². The lowest BCUT2D eigenvalue weighted by molar-refractivity contribution is -0.385. The monoisotopic (exact) mass is 495 g/mol. The number of nitro benzene ring substituents is 1. The third-order valence-corrected chi connectivity index (χ3v) is 5.42. The number of esters is 2. The number of aliphatic hydroxyl groups excluding tert-OH is 2. The Morgan fingerprint density at radius 1 is 1.12 bits per heavy atom. The second kappa shape index (κ2) is 10.9. The number of methoxy groups -OCH3 is 1. The fourth-order valence-corrected chi connectivity index (χ4v) is 3.55. The molecule has 0 unspecified atom stereocenters. The zero-order valence-corrected chi connectivity index (χ0v) is 18.9. The smallest absolute Gasteiger partial charge is 0.345 e. The summed E-state index contributed by atoms with van der Waals surface area (Å²) in [6.07, 6.45) is -7.25. The molecular formula is C22H22ClNO10. The number of halogens is 1. The predicted molar refractivity (Wildman–Crippen MR) is 116 cm³/mol.